The van der Waals surface area contributed by atoms with Crippen molar-refractivity contribution in [2.24, 2.45) is 0 Å². The molecule has 2 aromatic carbocycles. The van der Waals surface area contributed by atoms with Crippen molar-refractivity contribution < 1.29 is 14.3 Å². The monoisotopic (exact) mass is 376 g/mol. The van der Waals surface area contributed by atoms with Gasteiger partial charge in [0.15, 0.2) is 0 Å². The van der Waals surface area contributed by atoms with E-state index < -0.39 is 0 Å². The number of amides is 1. The summed E-state index contributed by atoms with van der Waals surface area (Å²) in [6, 6.07) is 13.9. The van der Waals surface area contributed by atoms with Gasteiger partial charge < -0.3 is 19.7 Å². The van der Waals surface area contributed by atoms with E-state index in [2.05, 4.69) is 5.32 Å². The molecular weight excluding hydrogens is 360 g/mol. The zero-order valence-electron chi connectivity index (χ0n) is 13.4. The van der Waals surface area contributed by atoms with Crippen LogP contribution in [0.3, 0.4) is 0 Å². The first-order valence-corrected chi connectivity index (χ1v) is 8.62. The Kier molecular flexibility index (Phi) is 5.86. The summed E-state index contributed by atoms with van der Waals surface area (Å²) in [5, 5.41) is 3.75. The number of anilines is 1. The van der Waals surface area contributed by atoms with Crippen LogP contribution in [-0.2, 0) is 4.74 Å². The normalized spacial score (nSPS) is 14.0. The highest BCUT2D eigenvalue weighted by atomic mass is 35.5. The fourth-order valence-corrected chi connectivity index (χ4v) is 2.85. The van der Waals surface area contributed by atoms with Gasteiger partial charge in [0.25, 0.3) is 11.1 Å². The van der Waals surface area contributed by atoms with Crippen LogP contribution in [0.4, 0.5) is 5.69 Å². The van der Waals surface area contributed by atoms with E-state index in [1.54, 1.807) is 48.5 Å². The number of hydrogen-bond donors (Lipinski definition) is 1. The van der Waals surface area contributed by atoms with Crippen LogP contribution in [0, 0.1) is 0 Å². The first-order valence-electron chi connectivity index (χ1n) is 7.83. The molecule has 0 aliphatic carbocycles. The highest BCUT2D eigenvalue weighted by Gasteiger charge is 2.16. The topological polar surface area (TPSA) is 50.8 Å². The van der Waals surface area contributed by atoms with E-state index in [9.17, 15) is 4.79 Å². The van der Waals surface area contributed by atoms with Gasteiger partial charge in [0, 0.05) is 29.4 Å². The Morgan fingerprint density at radius 3 is 2.68 bits per heavy atom. The number of rotatable bonds is 3. The average Bonchev–Trinajstić information content (AvgIpc) is 2.62. The second kappa shape index (κ2) is 8.29. The summed E-state index contributed by atoms with van der Waals surface area (Å²) in [6.45, 7) is 2.67. The highest BCUT2D eigenvalue weighted by molar-refractivity contribution is 7.80. The van der Waals surface area contributed by atoms with E-state index in [-0.39, 0.29) is 5.91 Å². The Hall–Kier alpha value is -2.15. The number of nitrogens with one attached hydrogen (secondary N) is 1. The maximum absolute atomic E-state index is 12.4. The van der Waals surface area contributed by atoms with Crippen LogP contribution >= 0.6 is 23.8 Å². The third-order valence-corrected chi connectivity index (χ3v) is 4.23. The molecule has 3 rings (SSSR count). The van der Waals surface area contributed by atoms with Gasteiger partial charge in [-0.25, -0.2) is 0 Å². The Morgan fingerprint density at radius 2 is 1.92 bits per heavy atom. The predicted octanol–water partition coefficient (Wildman–Crippen LogP) is 3.59. The molecule has 130 valence electrons. The summed E-state index contributed by atoms with van der Waals surface area (Å²) >= 11 is 11.2. The van der Waals surface area contributed by atoms with Crippen LogP contribution in [0.5, 0.6) is 5.75 Å². The van der Waals surface area contributed by atoms with Gasteiger partial charge in [0.2, 0.25) is 0 Å². The Balaban J connectivity index is 1.66. The lowest BCUT2D eigenvalue weighted by Crippen LogP contribution is -2.42. The third-order valence-electron chi connectivity index (χ3n) is 3.65. The van der Waals surface area contributed by atoms with E-state index in [4.69, 9.17) is 33.3 Å². The second-order valence-corrected chi connectivity index (χ2v) is 6.25. The minimum atomic E-state index is -0.245. The molecule has 0 saturated carbocycles. The van der Waals surface area contributed by atoms with Gasteiger partial charge in [0.1, 0.15) is 5.75 Å². The summed E-state index contributed by atoms with van der Waals surface area (Å²) in [6.07, 6.45) is 0. The van der Waals surface area contributed by atoms with Crippen molar-refractivity contribution in [2.75, 3.05) is 31.6 Å². The molecule has 0 unspecified atom stereocenters. The first kappa shape index (κ1) is 17.7. The molecule has 1 aliphatic heterocycles. The SMILES string of the molecule is O=C(Nc1cccc(Cl)c1)c1cccc(OC(=S)N2CCOCC2)c1. The summed E-state index contributed by atoms with van der Waals surface area (Å²) in [5.41, 5.74) is 1.11. The summed E-state index contributed by atoms with van der Waals surface area (Å²) < 4.78 is 11.0. The number of halogens is 1. The summed E-state index contributed by atoms with van der Waals surface area (Å²) in [4.78, 5) is 14.3. The van der Waals surface area contributed by atoms with Crippen LogP contribution in [0.25, 0.3) is 0 Å². The van der Waals surface area contributed by atoms with Crippen molar-refractivity contribution in [3.05, 3.63) is 59.1 Å². The number of carbonyl (C=O) groups is 1. The second-order valence-electron chi connectivity index (χ2n) is 5.46. The molecule has 5 nitrogen and oxygen atoms in total. The third kappa shape index (κ3) is 4.92. The first-order chi connectivity index (χ1) is 12.1. The van der Waals surface area contributed by atoms with Gasteiger partial charge in [-0.1, -0.05) is 23.7 Å². The molecule has 1 heterocycles. The number of benzene rings is 2. The van der Waals surface area contributed by atoms with Crippen molar-refractivity contribution in [1.29, 1.82) is 0 Å². The lowest BCUT2D eigenvalue weighted by molar-refractivity contribution is 0.0631. The molecular formula is C18H17ClN2O3S. The minimum absolute atomic E-state index is 0.245. The molecule has 0 spiro atoms. The molecule has 7 heteroatoms. The molecule has 1 amide bonds. The van der Waals surface area contributed by atoms with Gasteiger partial charge in [-0.2, -0.15) is 0 Å². The van der Waals surface area contributed by atoms with E-state index in [0.29, 0.717) is 53.5 Å². The molecule has 1 saturated heterocycles. The molecule has 0 aromatic heterocycles. The maximum atomic E-state index is 12.4. The van der Waals surface area contributed by atoms with Crippen LogP contribution in [0.15, 0.2) is 48.5 Å². The average molecular weight is 377 g/mol. The number of morpholine rings is 1. The molecule has 0 atom stereocenters. The predicted molar refractivity (Wildman–Crippen MR) is 101 cm³/mol. The van der Waals surface area contributed by atoms with E-state index in [0.717, 1.165) is 0 Å². The molecule has 1 aliphatic rings. The Bertz CT molecular complexity index is 778. The van der Waals surface area contributed by atoms with Gasteiger partial charge in [-0.15, -0.1) is 0 Å². The van der Waals surface area contributed by atoms with Crippen LogP contribution < -0.4 is 10.1 Å². The quantitative estimate of drug-likeness (QED) is 0.830. The molecule has 1 fully saturated rings. The van der Waals surface area contributed by atoms with Crippen molar-refractivity contribution in [1.82, 2.24) is 4.90 Å². The van der Waals surface area contributed by atoms with Gasteiger partial charge in [-0.3, -0.25) is 4.79 Å². The van der Waals surface area contributed by atoms with E-state index in [1.165, 1.54) is 0 Å². The number of carbonyl (C=O) groups excluding carboxylic acids is 1. The molecule has 0 bridgehead atoms. The Morgan fingerprint density at radius 1 is 1.16 bits per heavy atom. The smallest absolute Gasteiger partial charge is 0.264 e. The van der Waals surface area contributed by atoms with Crippen LogP contribution in [-0.4, -0.2) is 42.3 Å². The number of thiocarbonyl (C=S) groups is 1. The zero-order chi connectivity index (χ0) is 17.6. The van der Waals surface area contributed by atoms with Gasteiger partial charge in [0.05, 0.1) is 13.2 Å². The van der Waals surface area contributed by atoms with Crippen LogP contribution in [0.2, 0.25) is 5.02 Å². The van der Waals surface area contributed by atoms with Crippen LogP contribution in [0.1, 0.15) is 10.4 Å². The molecule has 0 radical (unpaired) electrons. The fraction of sp³-hybridized carbons (Fsp3) is 0.222. The minimum Gasteiger partial charge on any atom is -0.432 e. The van der Waals surface area contributed by atoms with Crippen molar-refractivity contribution in [3.8, 4) is 5.75 Å². The largest absolute Gasteiger partial charge is 0.432 e. The van der Waals surface area contributed by atoms with Gasteiger partial charge in [-0.05, 0) is 48.6 Å². The van der Waals surface area contributed by atoms with Gasteiger partial charge >= 0.3 is 0 Å². The van der Waals surface area contributed by atoms with E-state index in [1.807, 2.05) is 4.90 Å². The summed E-state index contributed by atoms with van der Waals surface area (Å²) in [7, 11) is 0. The van der Waals surface area contributed by atoms with E-state index >= 15 is 0 Å². The molecule has 1 N–H and O–H groups in total. The lowest BCUT2D eigenvalue weighted by atomic mass is 10.2. The summed E-state index contributed by atoms with van der Waals surface area (Å²) in [5.74, 6) is 0.278. The number of ether oxygens (including phenoxy) is 2. The lowest BCUT2D eigenvalue weighted by Gasteiger charge is -2.28. The maximum Gasteiger partial charge on any atom is 0.264 e. The molecule has 25 heavy (non-hydrogen) atoms. The Labute approximate surface area is 156 Å². The number of nitrogens with zero attached hydrogens (tertiary/aromatic N) is 1. The van der Waals surface area contributed by atoms with Crippen molar-refractivity contribution in [2.45, 2.75) is 0 Å². The number of hydrogen-bond acceptors (Lipinski definition) is 4. The molecule has 2 aromatic rings. The zero-order valence-corrected chi connectivity index (χ0v) is 15.0. The fourth-order valence-electron chi connectivity index (χ4n) is 2.38. The standard InChI is InChI=1S/C18H17ClN2O3S/c19-14-4-2-5-15(12-14)20-17(22)13-3-1-6-16(11-13)24-18(25)21-7-9-23-10-8-21/h1-6,11-12H,7-10H2,(H,20,22). The van der Waals surface area contributed by atoms with Crippen molar-refractivity contribution >= 4 is 40.6 Å². The van der Waals surface area contributed by atoms with Crippen molar-refractivity contribution in [3.63, 3.8) is 0 Å². The highest BCUT2D eigenvalue weighted by Crippen LogP contribution is 2.18.